The monoisotopic (exact) mass is 239 g/mol. The van der Waals surface area contributed by atoms with Crippen LogP contribution >= 0.6 is 11.3 Å². The Balaban J connectivity index is 1.93. The first kappa shape index (κ1) is 10.6. The maximum absolute atomic E-state index is 11.5. The largest absolute Gasteiger partial charge is 0.375 e. The first-order chi connectivity index (χ1) is 7.65. The van der Waals surface area contributed by atoms with Crippen molar-refractivity contribution >= 4 is 22.4 Å². The summed E-state index contributed by atoms with van der Waals surface area (Å²) in [7, 11) is 0. The van der Waals surface area contributed by atoms with Gasteiger partial charge in [0.25, 0.3) is 5.91 Å². The summed E-state index contributed by atoms with van der Waals surface area (Å²) in [5, 5.41) is 8.14. The number of carbonyl (C=O) groups is 1. The predicted molar refractivity (Wildman–Crippen MR) is 56.7 cm³/mol. The number of thiazole rings is 1. The van der Waals surface area contributed by atoms with Gasteiger partial charge in [-0.1, -0.05) is 5.16 Å². The Bertz CT molecular complexity index is 506. The van der Waals surface area contributed by atoms with E-state index < -0.39 is 0 Å². The van der Waals surface area contributed by atoms with E-state index in [9.17, 15) is 4.79 Å². The molecule has 0 spiro atoms. The summed E-state index contributed by atoms with van der Waals surface area (Å²) in [5.41, 5.74) is 5.70. The van der Waals surface area contributed by atoms with Gasteiger partial charge in [0, 0.05) is 5.38 Å². The molecule has 0 bridgehead atoms. The molecule has 2 rings (SSSR count). The number of aromatic nitrogens is 3. The fourth-order valence-electron chi connectivity index (χ4n) is 1.05. The topological polar surface area (TPSA) is 107 Å². The smallest absolute Gasteiger partial charge is 0.271 e. The molecule has 0 aromatic carbocycles. The van der Waals surface area contributed by atoms with Gasteiger partial charge in [-0.2, -0.15) is 4.98 Å². The Kier molecular flexibility index (Phi) is 2.82. The third-order valence-electron chi connectivity index (χ3n) is 1.72. The van der Waals surface area contributed by atoms with Crippen molar-refractivity contribution < 1.29 is 9.32 Å². The zero-order chi connectivity index (χ0) is 11.5. The Morgan fingerprint density at radius 2 is 2.44 bits per heavy atom. The highest BCUT2D eigenvalue weighted by molar-refractivity contribution is 7.13. The summed E-state index contributed by atoms with van der Waals surface area (Å²) in [5.74, 6) is 0.569. The van der Waals surface area contributed by atoms with Crippen LogP contribution in [0.4, 0.5) is 5.13 Å². The number of aryl methyl sites for hydroxylation is 1. The second kappa shape index (κ2) is 4.27. The molecule has 8 heteroatoms. The molecule has 2 heterocycles. The van der Waals surface area contributed by atoms with Gasteiger partial charge in [-0.15, -0.1) is 11.3 Å². The number of hydrogen-bond acceptors (Lipinski definition) is 7. The molecule has 84 valence electrons. The average molecular weight is 239 g/mol. The molecular formula is C8H9N5O2S. The van der Waals surface area contributed by atoms with Crippen molar-refractivity contribution in [2.45, 2.75) is 13.5 Å². The van der Waals surface area contributed by atoms with Crippen LogP contribution in [-0.4, -0.2) is 21.0 Å². The van der Waals surface area contributed by atoms with Gasteiger partial charge in [0.05, 0.1) is 6.54 Å². The van der Waals surface area contributed by atoms with Crippen molar-refractivity contribution in [2.75, 3.05) is 5.73 Å². The van der Waals surface area contributed by atoms with Crippen LogP contribution in [0.2, 0.25) is 0 Å². The zero-order valence-electron chi connectivity index (χ0n) is 8.43. The number of carbonyl (C=O) groups excluding carboxylic acids is 1. The predicted octanol–water partition coefficient (Wildman–Crippen LogP) is 0.347. The number of nitrogens with zero attached hydrogens (tertiary/aromatic N) is 3. The van der Waals surface area contributed by atoms with Gasteiger partial charge in [-0.05, 0) is 6.92 Å². The van der Waals surface area contributed by atoms with Crippen LogP contribution in [-0.2, 0) is 6.54 Å². The highest BCUT2D eigenvalue weighted by Gasteiger charge is 2.10. The van der Waals surface area contributed by atoms with Gasteiger partial charge in [-0.25, -0.2) is 4.98 Å². The van der Waals surface area contributed by atoms with Gasteiger partial charge >= 0.3 is 0 Å². The van der Waals surface area contributed by atoms with E-state index in [1.807, 2.05) is 0 Å². The van der Waals surface area contributed by atoms with E-state index in [2.05, 4.69) is 20.4 Å². The van der Waals surface area contributed by atoms with Crippen LogP contribution in [0.15, 0.2) is 9.90 Å². The third kappa shape index (κ3) is 2.34. The van der Waals surface area contributed by atoms with E-state index in [1.165, 1.54) is 11.3 Å². The van der Waals surface area contributed by atoms with Crippen molar-refractivity contribution in [3.05, 3.63) is 22.8 Å². The van der Waals surface area contributed by atoms with Crippen LogP contribution in [0, 0.1) is 6.92 Å². The van der Waals surface area contributed by atoms with Crippen LogP contribution in [0.25, 0.3) is 0 Å². The number of nitrogens with one attached hydrogen (secondary N) is 1. The second-order valence-electron chi connectivity index (χ2n) is 2.99. The van der Waals surface area contributed by atoms with Crippen molar-refractivity contribution in [2.24, 2.45) is 0 Å². The molecule has 7 nitrogen and oxygen atoms in total. The number of amides is 1. The standard InChI is InChI=1S/C8H9N5O2S/c1-4-11-6(15-13-4)2-10-7(14)5-3-16-8(9)12-5/h3H,2H2,1H3,(H2,9,12)(H,10,14). The maximum Gasteiger partial charge on any atom is 0.271 e. The number of nitrogens with two attached hydrogens (primary N) is 1. The third-order valence-corrected chi connectivity index (χ3v) is 2.40. The lowest BCUT2D eigenvalue weighted by atomic mass is 10.4. The number of hydrogen-bond donors (Lipinski definition) is 2. The van der Waals surface area contributed by atoms with Crippen molar-refractivity contribution in [3.63, 3.8) is 0 Å². The Hall–Kier alpha value is -1.96. The van der Waals surface area contributed by atoms with Gasteiger partial charge < -0.3 is 15.6 Å². The summed E-state index contributed by atoms with van der Waals surface area (Å²) in [6.45, 7) is 1.88. The summed E-state index contributed by atoms with van der Waals surface area (Å²) >= 11 is 1.21. The van der Waals surface area contributed by atoms with E-state index in [4.69, 9.17) is 10.3 Å². The SMILES string of the molecule is Cc1noc(CNC(=O)c2csc(N)n2)n1. The summed E-state index contributed by atoms with van der Waals surface area (Å²) in [6.07, 6.45) is 0. The molecular weight excluding hydrogens is 230 g/mol. The molecule has 0 radical (unpaired) electrons. The van der Waals surface area contributed by atoms with E-state index in [1.54, 1.807) is 12.3 Å². The quantitative estimate of drug-likeness (QED) is 0.800. The first-order valence-corrected chi connectivity index (χ1v) is 5.31. The molecule has 0 unspecified atom stereocenters. The van der Waals surface area contributed by atoms with Crippen LogP contribution in [0.5, 0.6) is 0 Å². The summed E-state index contributed by atoms with van der Waals surface area (Å²) in [4.78, 5) is 19.3. The zero-order valence-corrected chi connectivity index (χ0v) is 9.24. The van der Waals surface area contributed by atoms with E-state index in [0.717, 1.165) is 0 Å². The van der Waals surface area contributed by atoms with Gasteiger partial charge in [0.1, 0.15) is 5.69 Å². The Labute approximate surface area is 94.7 Å². The maximum atomic E-state index is 11.5. The lowest BCUT2D eigenvalue weighted by Gasteiger charge is -1.97. The molecule has 0 saturated carbocycles. The van der Waals surface area contributed by atoms with Gasteiger partial charge in [0.2, 0.25) is 5.89 Å². The Morgan fingerprint density at radius 3 is 3.00 bits per heavy atom. The first-order valence-electron chi connectivity index (χ1n) is 4.43. The van der Waals surface area contributed by atoms with Crippen molar-refractivity contribution in [3.8, 4) is 0 Å². The highest BCUT2D eigenvalue weighted by Crippen LogP contribution is 2.10. The van der Waals surface area contributed by atoms with E-state index in [0.29, 0.717) is 22.5 Å². The lowest BCUT2D eigenvalue weighted by molar-refractivity contribution is 0.0942. The molecule has 0 aliphatic heterocycles. The Morgan fingerprint density at radius 1 is 1.62 bits per heavy atom. The van der Waals surface area contributed by atoms with E-state index in [-0.39, 0.29) is 12.5 Å². The molecule has 0 aliphatic carbocycles. The number of anilines is 1. The van der Waals surface area contributed by atoms with Crippen LogP contribution in [0.3, 0.4) is 0 Å². The second-order valence-corrected chi connectivity index (χ2v) is 3.88. The fraction of sp³-hybridized carbons (Fsp3) is 0.250. The fourth-order valence-corrected chi connectivity index (χ4v) is 1.59. The lowest BCUT2D eigenvalue weighted by Crippen LogP contribution is -2.23. The van der Waals surface area contributed by atoms with Gasteiger partial charge in [-0.3, -0.25) is 4.79 Å². The molecule has 3 N–H and O–H groups in total. The summed E-state index contributed by atoms with van der Waals surface area (Å²) in [6, 6.07) is 0. The van der Waals surface area contributed by atoms with Crippen molar-refractivity contribution in [1.82, 2.24) is 20.4 Å². The molecule has 0 fully saturated rings. The molecule has 0 saturated heterocycles. The molecule has 16 heavy (non-hydrogen) atoms. The minimum Gasteiger partial charge on any atom is -0.375 e. The van der Waals surface area contributed by atoms with Gasteiger partial charge in [0.15, 0.2) is 11.0 Å². The molecule has 1 amide bonds. The number of nitrogen functional groups attached to an aromatic ring is 1. The minimum atomic E-state index is -0.316. The number of rotatable bonds is 3. The molecule has 2 aromatic heterocycles. The minimum absolute atomic E-state index is 0.178. The highest BCUT2D eigenvalue weighted by atomic mass is 32.1. The summed E-state index contributed by atoms with van der Waals surface area (Å²) < 4.78 is 4.84. The molecule has 0 aliphatic rings. The van der Waals surface area contributed by atoms with Crippen LogP contribution in [0.1, 0.15) is 22.2 Å². The molecule has 2 aromatic rings. The normalized spacial score (nSPS) is 10.3. The van der Waals surface area contributed by atoms with Crippen molar-refractivity contribution in [1.29, 1.82) is 0 Å². The van der Waals surface area contributed by atoms with E-state index >= 15 is 0 Å². The average Bonchev–Trinajstić information content (AvgIpc) is 2.84. The molecule has 0 atom stereocenters. The van der Waals surface area contributed by atoms with Crippen LogP contribution < -0.4 is 11.1 Å².